The number of ether oxygens (including phenoxy) is 1. The molecule has 1 N–H and O–H groups in total. The van der Waals surface area contributed by atoms with Crippen molar-refractivity contribution in [2.24, 2.45) is 0 Å². The number of carbonyl (C=O) groups excluding carboxylic acids is 1. The lowest BCUT2D eigenvalue weighted by Gasteiger charge is -2.23. The van der Waals surface area contributed by atoms with Gasteiger partial charge in [0.15, 0.2) is 0 Å². The predicted molar refractivity (Wildman–Crippen MR) is 91.3 cm³/mol. The maximum atomic E-state index is 12.0. The van der Waals surface area contributed by atoms with Crippen molar-refractivity contribution in [1.29, 1.82) is 0 Å². The van der Waals surface area contributed by atoms with Gasteiger partial charge in [-0.1, -0.05) is 26.2 Å². The van der Waals surface area contributed by atoms with Gasteiger partial charge in [0.25, 0.3) is 5.91 Å². The second-order valence-corrected chi connectivity index (χ2v) is 6.70. The zero-order chi connectivity index (χ0) is 16.4. The average Bonchev–Trinajstić information content (AvgIpc) is 2.46. The summed E-state index contributed by atoms with van der Waals surface area (Å²) in [6.07, 6.45) is 4.79. The van der Waals surface area contributed by atoms with E-state index in [9.17, 15) is 4.79 Å². The molecule has 0 bridgehead atoms. The Hall–Kier alpha value is -1.55. The molecular formula is C18H31N2O2+. The van der Waals surface area contributed by atoms with Gasteiger partial charge in [0.2, 0.25) is 0 Å². The number of likely N-dealkylation sites (N-methyl/N-ethyl adjacent to an activating group) is 1. The molecule has 0 saturated heterocycles. The van der Waals surface area contributed by atoms with Gasteiger partial charge in [0.05, 0.1) is 40.8 Å². The Labute approximate surface area is 135 Å². The molecule has 124 valence electrons. The molecule has 4 heteroatoms. The lowest BCUT2D eigenvalue weighted by atomic mass is 10.2. The number of amides is 1. The fourth-order valence-corrected chi connectivity index (χ4v) is 2.03. The number of nitrogens with one attached hydrogen (secondary N) is 1. The summed E-state index contributed by atoms with van der Waals surface area (Å²) in [5.74, 6) is 0.808. The van der Waals surface area contributed by atoms with Crippen LogP contribution in [0.3, 0.4) is 0 Å². The fraction of sp³-hybridized carbons (Fsp3) is 0.611. The molecule has 1 aromatic carbocycles. The first-order valence-electron chi connectivity index (χ1n) is 8.24. The molecule has 0 aliphatic carbocycles. The van der Waals surface area contributed by atoms with E-state index in [0.717, 1.165) is 29.8 Å². The van der Waals surface area contributed by atoms with Gasteiger partial charge in [-0.25, -0.2) is 0 Å². The van der Waals surface area contributed by atoms with Crippen molar-refractivity contribution in [2.75, 3.05) is 40.8 Å². The molecule has 22 heavy (non-hydrogen) atoms. The van der Waals surface area contributed by atoms with Gasteiger partial charge in [0.1, 0.15) is 5.75 Å². The summed E-state index contributed by atoms with van der Waals surface area (Å²) in [4.78, 5) is 12.0. The van der Waals surface area contributed by atoms with Crippen molar-refractivity contribution in [2.45, 2.75) is 32.6 Å². The van der Waals surface area contributed by atoms with Gasteiger partial charge in [-0.3, -0.25) is 4.79 Å². The van der Waals surface area contributed by atoms with Crippen LogP contribution in [0.2, 0.25) is 0 Å². The summed E-state index contributed by atoms with van der Waals surface area (Å²) in [5, 5.41) is 2.95. The molecule has 0 spiro atoms. The molecule has 1 amide bonds. The standard InChI is InChI=1S/C18H30N2O2/c1-5-6-7-8-15-22-17-11-9-16(10-12-17)18(21)19-13-14-20(2,3)4/h9-12H,5-8,13-15H2,1-4H3/p+1. The number of quaternary nitrogens is 1. The summed E-state index contributed by atoms with van der Waals surface area (Å²) >= 11 is 0. The van der Waals surface area contributed by atoms with E-state index in [1.807, 2.05) is 24.3 Å². The van der Waals surface area contributed by atoms with Gasteiger partial charge >= 0.3 is 0 Å². The van der Waals surface area contributed by atoms with Crippen LogP contribution in [0.4, 0.5) is 0 Å². The quantitative estimate of drug-likeness (QED) is 0.533. The second-order valence-electron chi connectivity index (χ2n) is 6.70. The first-order valence-corrected chi connectivity index (χ1v) is 8.24. The second kappa shape index (κ2) is 9.46. The van der Waals surface area contributed by atoms with Gasteiger partial charge in [-0.05, 0) is 30.7 Å². The normalized spacial score (nSPS) is 11.3. The largest absolute Gasteiger partial charge is 0.494 e. The third kappa shape index (κ3) is 8.03. The van der Waals surface area contributed by atoms with Crippen molar-refractivity contribution in [3.05, 3.63) is 29.8 Å². The zero-order valence-corrected chi connectivity index (χ0v) is 14.5. The van der Waals surface area contributed by atoms with Gasteiger partial charge in [0, 0.05) is 5.56 Å². The number of nitrogens with zero attached hydrogens (tertiary/aromatic N) is 1. The highest BCUT2D eigenvalue weighted by Crippen LogP contribution is 2.13. The van der Waals surface area contributed by atoms with Crippen LogP contribution < -0.4 is 10.1 Å². The van der Waals surface area contributed by atoms with Crippen molar-refractivity contribution < 1.29 is 14.0 Å². The molecule has 1 aromatic rings. The topological polar surface area (TPSA) is 38.3 Å². The first kappa shape index (κ1) is 18.5. The average molecular weight is 307 g/mol. The Bertz CT molecular complexity index is 435. The summed E-state index contributed by atoms with van der Waals surface area (Å²) in [7, 11) is 6.33. The van der Waals surface area contributed by atoms with Crippen molar-refractivity contribution in [1.82, 2.24) is 5.32 Å². The van der Waals surface area contributed by atoms with Crippen LogP contribution in [0.5, 0.6) is 5.75 Å². The van der Waals surface area contributed by atoms with Gasteiger partial charge in [-0.15, -0.1) is 0 Å². The minimum Gasteiger partial charge on any atom is -0.494 e. The molecule has 0 aromatic heterocycles. The number of hydrogen-bond acceptors (Lipinski definition) is 2. The SMILES string of the molecule is CCCCCCOc1ccc(C(=O)NCC[N+](C)(C)C)cc1. The Balaban J connectivity index is 2.32. The third-order valence-corrected chi connectivity index (χ3v) is 3.45. The Morgan fingerprint density at radius 3 is 2.36 bits per heavy atom. The van der Waals surface area contributed by atoms with Crippen LogP contribution in [0, 0.1) is 0 Å². The van der Waals surface area contributed by atoms with Crippen molar-refractivity contribution in [3.63, 3.8) is 0 Å². The highest BCUT2D eigenvalue weighted by atomic mass is 16.5. The molecule has 0 unspecified atom stereocenters. The van der Waals surface area contributed by atoms with E-state index in [0.29, 0.717) is 12.1 Å². The highest BCUT2D eigenvalue weighted by Gasteiger charge is 2.09. The smallest absolute Gasteiger partial charge is 0.251 e. The fourth-order valence-electron chi connectivity index (χ4n) is 2.03. The Morgan fingerprint density at radius 2 is 1.77 bits per heavy atom. The number of unbranched alkanes of at least 4 members (excludes halogenated alkanes) is 3. The van der Waals surface area contributed by atoms with Gasteiger partial charge < -0.3 is 14.5 Å². The van der Waals surface area contributed by atoms with Gasteiger partial charge in [-0.2, -0.15) is 0 Å². The zero-order valence-electron chi connectivity index (χ0n) is 14.5. The van der Waals surface area contributed by atoms with Crippen LogP contribution in [0.15, 0.2) is 24.3 Å². The molecule has 0 saturated carbocycles. The lowest BCUT2D eigenvalue weighted by molar-refractivity contribution is -0.869. The van der Waals surface area contributed by atoms with E-state index in [4.69, 9.17) is 4.74 Å². The number of hydrogen-bond donors (Lipinski definition) is 1. The van der Waals surface area contributed by atoms with E-state index in [1.54, 1.807) is 0 Å². The summed E-state index contributed by atoms with van der Waals surface area (Å²) in [6.45, 7) is 4.53. The van der Waals surface area contributed by atoms with Crippen LogP contribution in [0.1, 0.15) is 43.0 Å². The molecule has 0 atom stereocenters. The van der Waals surface area contributed by atoms with Crippen LogP contribution in [-0.4, -0.2) is 51.2 Å². The van der Waals surface area contributed by atoms with Crippen LogP contribution in [0.25, 0.3) is 0 Å². The van der Waals surface area contributed by atoms with Crippen molar-refractivity contribution >= 4 is 5.91 Å². The maximum Gasteiger partial charge on any atom is 0.251 e. The monoisotopic (exact) mass is 307 g/mol. The Kier molecular flexibility index (Phi) is 7.96. The molecule has 1 rings (SSSR count). The molecule has 0 aliphatic heterocycles. The van der Waals surface area contributed by atoms with E-state index < -0.39 is 0 Å². The molecule has 0 fully saturated rings. The van der Waals surface area contributed by atoms with Crippen molar-refractivity contribution in [3.8, 4) is 5.75 Å². The summed E-state index contributed by atoms with van der Waals surface area (Å²) in [5.41, 5.74) is 0.680. The summed E-state index contributed by atoms with van der Waals surface area (Å²) in [6, 6.07) is 7.38. The molecule has 4 nitrogen and oxygen atoms in total. The number of benzene rings is 1. The minimum absolute atomic E-state index is 0.0251. The molecule has 0 aliphatic rings. The highest BCUT2D eigenvalue weighted by molar-refractivity contribution is 5.94. The van der Waals surface area contributed by atoms with E-state index in [1.165, 1.54) is 19.3 Å². The Morgan fingerprint density at radius 1 is 1.09 bits per heavy atom. The molecule has 0 radical (unpaired) electrons. The first-order chi connectivity index (χ1) is 10.4. The van der Waals surface area contributed by atoms with E-state index in [-0.39, 0.29) is 5.91 Å². The maximum absolute atomic E-state index is 12.0. The van der Waals surface area contributed by atoms with E-state index >= 15 is 0 Å². The minimum atomic E-state index is -0.0251. The predicted octanol–water partition coefficient (Wildman–Crippen LogP) is 3.08. The van der Waals surface area contributed by atoms with E-state index in [2.05, 4.69) is 33.4 Å². The molecule has 0 heterocycles. The van der Waals surface area contributed by atoms with Crippen LogP contribution in [-0.2, 0) is 0 Å². The lowest BCUT2D eigenvalue weighted by Crippen LogP contribution is -2.41. The molecular weight excluding hydrogens is 276 g/mol. The summed E-state index contributed by atoms with van der Waals surface area (Å²) < 4.78 is 6.52. The number of rotatable bonds is 10. The third-order valence-electron chi connectivity index (χ3n) is 3.45. The van der Waals surface area contributed by atoms with Crippen LogP contribution >= 0.6 is 0 Å². The number of carbonyl (C=O) groups is 1.